The maximum atomic E-state index is 6.39. The molecule has 0 radical (unpaired) electrons. The molecule has 0 saturated heterocycles. The fraction of sp³-hybridized carbons (Fsp3) is 0.190. The van der Waals surface area contributed by atoms with Gasteiger partial charge in [-0.2, -0.15) is 4.57 Å². The first-order valence-electron chi connectivity index (χ1n) is 8.97. The third-order valence-electron chi connectivity index (χ3n) is 5.69. The van der Waals surface area contributed by atoms with E-state index in [2.05, 4.69) is 71.9 Å². The molecule has 0 fully saturated rings. The Hall–Kier alpha value is -2.75. The van der Waals surface area contributed by atoms with Crippen molar-refractivity contribution in [2.45, 2.75) is 26.3 Å². The highest BCUT2D eigenvalue weighted by molar-refractivity contribution is 6.76. The van der Waals surface area contributed by atoms with E-state index >= 15 is 0 Å². The lowest BCUT2D eigenvalue weighted by atomic mass is 9.66. The van der Waals surface area contributed by atoms with E-state index in [1.807, 2.05) is 6.07 Å². The van der Waals surface area contributed by atoms with Crippen molar-refractivity contribution < 1.29 is 9.22 Å². The molecule has 0 atom stereocenters. The lowest BCUT2D eigenvalue weighted by molar-refractivity contribution is -0.671. The molecule has 3 aliphatic heterocycles. The van der Waals surface area contributed by atoms with E-state index in [9.17, 15) is 0 Å². The van der Waals surface area contributed by atoms with Crippen molar-refractivity contribution >= 4 is 23.9 Å². The van der Waals surface area contributed by atoms with Crippen LogP contribution in [-0.4, -0.2) is 7.05 Å². The Labute approximate surface area is 147 Å². The number of hydrogen-bond acceptors (Lipinski definition) is 2. The molecule has 0 amide bonds. The van der Waals surface area contributed by atoms with Crippen molar-refractivity contribution in [3.8, 4) is 17.0 Å². The molecule has 0 saturated carbocycles. The average molecular weight is 325 g/mol. The molecule has 0 unspecified atom stereocenters. The Morgan fingerprint density at radius 3 is 2.84 bits per heavy atom. The Bertz CT molecular complexity index is 1060. The quantitative estimate of drug-likeness (QED) is 0.394. The van der Waals surface area contributed by atoms with Gasteiger partial charge < -0.3 is 9.47 Å². The minimum Gasteiger partial charge on any atom is -0.536 e. The largest absolute Gasteiger partial charge is 0.536 e. The molecule has 120 valence electrons. The summed E-state index contributed by atoms with van der Waals surface area (Å²) in [6.45, 7) is 5.49. The van der Waals surface area contributed by atoms with Gasteiger partial charge in [-0.15, -0.1) is 0 Å². The lowest BCUT2D eigenvalue weighted by Crippen LogP contribution is -2.53. The zero-order valence-electron chi connectivity index (χ0n) is 14.4. The van der Waals surface area contributed by atoms with E-state index in [1.165, 1.54) is 39.2 Å². The van der Waals surface area contributed by atoms with E-state index in [4.69, 9.17) is 4.65 Å². The molecular weight excluding hydrogens is 307 g/mol. The predicted molar refractivity (Wildman–Crippen MR) is 99.9 cm³/mol. The molecule has 4 heterocycles. The molecule has 4 heteroatoms. The monoisotopic (exact) mass is 325 g/mol. The first-order chi connectivity index (χ1) is 12.2. The lowest BCUT2D eigenvalue weighted by Gasteiger charge is -2.29. The molecule has 0 spiro atoms. The van der Waals surface area contributed by atoms with E-state index in [0.717, 1.165) is 12.3 Å². The van der Waals surface area contributed by atoms with Gasteiger partial charge in [0.15, 0.2) is 12.7 Å². The van der Waals surface area contributed by atoms with Crippen molar-refractivity contribution in [3.63, 3.8) is 0 Å². The molecular formula is C21H18BN2O+. The van der Waals surface area contributed by atoms with E-state index in [1.54, 1.807) is 0 Å². The molecule has 3 nitrogen and oxygen atoms in total. The van der Waals surface area contributed by atoms with Gasteiger partial charge in [-0.25, -0.2) is 0 Å². The summed E-state index contributed by atoms with van der Waals surface area (Å²) in [6, 6.07) is 17.5. The number of benzene rings is 2. The van der Waals surface area contributed by atoms with E-state index in [0.29, 0.717) is 5.92 Å². The van der Waals surface area contributed by atoms with Crippen molar-refractivity contribution in [1.29, 1.82) is 0 Å². The highest BCUT2D eigenvalue weighted by Gasteiger charge is 2.51. The van der Waals surface area contributed by atoms with Gasteiger partial charge in [0.25, 0.3) is 0 Å². The summed E-state index contributed by atoms with van der Waals surface area (Å²) in [7, 11) is -0.0688. The molecule has 3 aromatic rings. The molecule has 25 heavy (non-hydrogen) atoms. The smallest absolute Gasteiger partial charge is 0.531 e. The number of aromatic nitrogens is 1. The summed E-state index contributed by atoms with van der Waals surface area (Å²) in [5.74, 6) is 1.48. The zero-order chi connectivity index (χ0) is 16.7. The Morgan fingerprint density at radius 1 is 1.08 bits per heavy atom. The summed E-state index contributed by atoms with van der Waals surface area (Å²) in [5, 5.41) is 0. The second kappa shape index (κ2) is 4.45. The number of para-hydroxylation sites is 2. The molecule has 6 rings (SSSR count). The van der Waals surface area contributed by atoms with Crippen LogP contribution in [0.5, 0.6) is 5.75 Å². The highest BCUT2D eigenvalue weighted by atomic mass is 16.5. The molecule has 1 aromatic heterocycles. The first-order valence-corrected chi connectivity index (χ1v) is 8.97. The van der Waals surface area contributed by atoms with Gasteiger partial charge in [0.05, 0.1) is 16.7 Å². The maximum absolute atomic E-state index is 6.39. The number of pyridine rings is 1. The van der Waals surface area contributed by atoms with Crippen molar-refractivity contribution in [2.75, 3.05) is 4.81 Å². The summed E-state index contributed by atoms with van der Waals surface area (Å²) in [6.07, 6.45) is 2.19. The number of rotatable bonds is 1. The Kier molecular flexibility index (Phi) is 2.41. The van der Waals surface area contributed by atoms with Crippen LogP contribution in [0.15, 0.2) is 54.7 Å². The number of anilines is 2. The van der Waals surface area contributed by atoms with Gasteiger partial charge in [0.2, 0.25) is 5.69 Å². The fourth-order valence-electron chi connectivity index (χ4n) is 4.52. The van der Waals surface area contributed by atoms with Crippen LogP contribution in [0.3, 0.4) is 0 Å². The minimum absolute atomic E-state index is 0.0688. The van der Waals surface area contributed by atoms with Crippen LogP contribution in [0.1, 0.15) is 30.9 Å². The Morgan fingerprint density at radius 2 is 1.96 bits per heavy atom. The third-order valence-corrected chi connectivity index (χ3v) is 5.69. The second-order valence-electron chi connectivity index (χ2n) is 7.48. The van der Waals surface area contributed by atoms with Crippen LogP contribution in [-0.2, 0) is 6.54 Å². The summed E-state index contributed by atoms with van der Waals surface area (Å²) >= 11 is 0. The van der Waals surface area contributed by atoms with Gasteiger partial charge in [0.1, 0.15) is 5.75 Å². The standard InChI is InChI=1S/C21H18BN2O/c1-13(2)14-10-15-12-23-9-5-6-16-21(23)20(15)18(11-14)24-17-7-3-4-8-19(17)25-22(16)24/h3-11,13H,12H2,1-2H3/q+1. The SMILES string of the molecule is CC(C)c1cc2c3c(c1)N1B(Oc4ccccc41)c1ccc[n+](c1-3)C2. The van der Waals surface area contributed by atoms with Crippen LogP contribution in [0, 0.1) is 0 Å². The molecule has 2 aromatic carbocycles. The zero-order valence-corrected chi connectivity index (χ0v) is 14.4. The van der Waals surface area contributed by atoms with Crippen molar-refractivity contribution in [2.24, 2.45) is 0 Å². The highest BCUT2D eigenvalue weighted by Crippen LogP contribution is 2.49. The number of fused-ring (bicyclic) bond motifs is 5. The van der Waals surface area contributed by atoms with Crippen LogP contribution in [0.2, 0.25) is 0 Å². The molecule has 0 bridgehead atoms. The van der Waals surface area contributed by atoms with Gasteiger partial charge in [-0.05, 0) is 41.8 Å². The summed E-state index contributed by atoms with van der Waals surface area (Å²) in [5.41, 5.74) is 9.27. The first kappa shape index (κ1) is 13.5. The maximum Gasteiger partial charge on any atom is 0.531 e. The topological polar surface area (TPSA) is 16.4 Å². The van der Waals surface area contributed by atoms with E-state index in [-0.39, 0.29) is 7.05 Å². The third kappa shape index (κ3) is 1.60. The normalized spacial score (nSPS) is 15.2. The van der Waals surface area contributed by atoms with Crippen molar-refractivity contribution in [3.05, 3.63) is 65.9 Å². The van der Waals surface area contributed by atoms with E-state index < -0.39 is 0 Å². The van der Waals surface area contributed by atoms with Crippen LogP contribution < -0.4 is 19.5 Å². The number of hydrogen-bond donors (Lipinski definition) is 0. The van der Waals surface area contributed by atoms with Crippen molar-refractivity contribution in [1.82, 2.24) is 0 Å². The number of nitrogens with zero attached hydrogens (tertiary/aromatic N) is 2. The average Bonchev–Trinajstić information content (AvgIpc) is 3.19. The van der Waals surface area contributed by atoms with Crippen LogP contribution >= 0.6 is 0 Å². The fourth-order valence-corrected chi connectivity index (χ4v) is 4.52. The molecule has 0 N–H and O–H groups in total. The van der Waals surface area contributed by atoms with Gasteiger partial charge >= 0.3 is 7.05 Å². The minimum atomic E-state index is -0.0688. The van der Waals surface area contributed by atoms with Crippen LogP contribution in [0.4, 0.5) is 11.4 Å². The second-order valence-corrected chi connectivity index (χ2v) is 7.48. The van der Waals surface area contributed by atoms with Gasteiger partial charge in [-0.1, -0.05) is 26.0 Å². The molecule has 3 aliphatic rings. The Balaban J connectivity index is 1.72. The summed E-state index contributed by atoms with van der Waals surface area (Å²) < 4.78 is 8.76. The van der Waals surface area contributed by atoms with Gasteiger partial charge in [-0.3, -0.25) is 0 Å². The van der Waals surface area contributed by atoms with Gasteiger partial charge in [0, 0.05) is 17.3 Å². The molecule has 0 aliphatic carbocycles. The predicted octanol–water partition coefficient (Wildman–Crippen LogP) is 3.37. The summed E-state index contributed by atoms with van der Waals surface area (Å²) in [4.78, 5) is 2.39. The van der Waals surface area contributed by atoms with Crippen LogP contribution in [0.25, 0.3) is 11.3 Å².